The summed E-state index contributed by atoms with van der Waals surface area (Å²) in [4.78, 5) is 27.0. The van der Waals surface area contributed by atoms with Crippen LogP contribution in [0.1, 0.15) is 83.7 Å². The standard InChI is InChI=1S/C32H37BrClF3N8O4.C2H2F2/c1-2-45(47)29(46)27-26(33)23-15-42(8-5-11-44(23)41-27)28-20-16-48-24(19-12-18(38)13-21(34)25(19)32(35,36)37)14-22(20)39-30(40-28)49-17-31-6-3-9-43(31)10-4-7-31;1-2(3)4/h12-13,24,47H,2-11,14-17,38H2,1H3;1H2. The van der Waals surface area contributed by atoms with Crippen molar-refractivity contribution >= 4 is 44.9 Å². The molecular formula is C34H39BrClF5N8O4. The Morgan fingerprint density at radius 3 is 2.55 bits per heavy atom. The number of nitrogen functional groups attached to an aromatic ring is 1. The van der Waals surface area contributed by atoms with E-state index in [0.29, 0.717) is 65.0 Å². The molecule has 0 spiro atoms. The molecule has 53 heavy (non-hydrogen) atoms. The number of amides is 1. The summed E-state index contributed by atoms with van der Waals surface area (Å²) in [6, 6.07) is 2.50. The van der Waals surface area contributed by atoms with Gasteiger partial charge in [0.05, 0.1) is 51.2 Å². The van der Waals surface area contributed by atoms with Crippen LogP contribution in [0.4, 0.5) is 33.5 Å². The van der Waals surface area contributed by atoms with E-state index in [4.69, 9.17) is 36.8 Å². The van der Waals surface area contributed by atoms with Gasteiger partial charge in [-0.15, -0.1) is 0 Å². The van der Waals surface area contributed by atoms with Crippen LogP contribution < -0.4 is 15.4 Å². The number of hydrogen-bond acceptors (Lipinski definition) is 10. The van der Waals surface area contributed by atoms with Crippen LogP contribution in [-0.2, 0) is 37.0 Å². The molecule has 2 fully saturated rings. The molecule has 3 aromatic rings. The number of carbonyl (C=O) groups is 1. The Morgan fingerprint density at radius 2 is 1.89 bits per heavy atom. The Balaban J connectivity index is 0.00000114. The Bertz CT molecular complexity index is 1870. The molecule has 1 amide bonds. The van der Waals surface area contributed by atoms with Gasteiger partial charge < -0.3 is 20.1 Å². The van der Waals surface area contributed by atoms with Crippen molar-refractivity contribution < 1.29 is 41.4 Å². The third-order valence-electron chi connectivity index (χ3n) is 10.1. The SMILES string of the molecule is C=C(F)F.CCN(O)C(=O)c1nn2c(c1Br)CN(c1nc(OCC34CCCN3CCC4)nc3c1COC(c1cc(N)cc(Cl)c1C(F)(F)F)C3)CCC2. The van der Waals surface area contributed by atoms with Crippen LogP contribution >= 0.6 is 27.5 Å². The van der Waals surface area contributed by atoms with Crippen molar-refractivity contribution in [1.29, 1.82) is 0 Å². The third-order valence-corrected chi connectivity index (χ3v) is 11.2. The fourth-order valence-corrected chi connectivity index (χ4v) is 8.61. The normalized spacial score (nSPS) is 19.4. The maximum atomic E-state index is 14.2. The number of halogens is 7. The van der Waals surface area contributed by atoms with Crippen LogP contribution in [-0.4, -0.2) is 79.2 Å². The summed E-state index contributed by atoms with van der Waals surface area (Å²) in [6.45, 7) is 7.74. The maximum Gasteiger partial charge on any atom is 0.418 e. The van der Waals surface area contributed by atoms with Crippen molar-refractivity contribution in [3.05, 3.63) is 68.1 Å². The lowest BCUT2D eigenvalue weighted by molar-refractivity contribution is -0.139. The molecule has 288 valence electrons. The molecule has 0 radical (unpaired) electrons. The van der Waals surface area contributed by atoms with E-state index < -0.39 is 34.9 Å². The number of nitrogens with two attached hydrogens (primary N) is 1. The van der Waals surface area contributed by atoms with Crippen LogP contribution in [0.15, 0.2) is 29.3 Å². The molecule has 4 aliphatic rings. The van der Waals surface area contributed by atoms with Gasteiger partial charge >= 0.3 is 12.2 Å². The predicted octanol–water partition coefficient (Wildman–Crippen LogP) is 7.17. The van der Waals surface area contributed by atoms with Gasteiger partial charge in [0.15, 0.2) is 5.69 Å². The second-order valence-corrected chi connectivity index (χ2v) is 14.6. The van der Waals surface area contributed by atoms with Crippen LogP contribution in [0.25, 0.3) is 0 Å². The summed E-state index contributed by atoms with van der Waals surface area (Å²) >= 11 is 9.64. The zero-order valence-corrected chi connectivity index (χ0v) is 31.2. The van der Waals surface area contributed by atoms with E-state index in [2.05, 4.69) is 32.5 Å². The Kier molecular flexibility index (Phi) is 11.5. The Hall–Kier alpha value is -3.58. The molecule has 1 aromatic carbocycles. The van der Waals surface area contributed by atoms with Gasteiger partial charge in [0.1, 0.15) is 12.4 Å². The minimum atomic E-state index is -4.73. The first-order chi connectivity index (χ1) is 25.1. The average molecular weight is 834 g/mol. The van der Waals surface area contributed by atoms with Gasteiger partial charge in [-0.1, -0.05) is 11.6 Å². The molecule has 19 heteroatoms. The molecule has 7 rings (SSSR count). The zero-order valence-electron chi connectivity index (χ0n) is 28.9. The van der Waals surface area contributed by atoms with E-state index >= 15 is 0 Å². The highest BCUT2D eigenvalue weighted by atomic mass is 79.9. The van der Waals surface area contributed by atoms with Crippen molar-refractivity contribution in [2.75, 3.05) is 43.4 Å². The number of benzene rings is 1. The summed E-state index contributed by atoms with van der Waals surface area (Å²) in [6.07, 6.45) is -2.69. The number of alkyl halides is 3. The maximum absolute atomic E-state index is 14.2. The summed E-state index contributed by atoms with van der Waals surface area (Å²) in [7, 11) is 0. The Labute approximate surface area is 315 Å². The number of aryl methyl sites for hydroxylation is 1. The number of carbonyl (C=O) groups excluding carboxylic acids is 1. The van der Waals surface area contributed by atoms with Crippen LogP contribution in [0.5, 0.6) is 6.01 Å². The average Bonchev–Trinajstić information content (AvgIpc) is 3.72. The topological polar surface area (TPSA) is 135 Å². The van der Waals surface area contributed by atoms with E-state index in [-0.39, 0.29) is 48.1 Å². The fourth-order valence-electron chi connectivity index (χ4n) is 7.68. The lowest BCUT2D eigenvalue weighted by Gasteiger charge is -2.33. The second kappa shape index (κ2) is 15.6. The molecule has 2 aromatic heterocycles. The molecule has 3 N–H and O–H groups in total. The van der Waals surface area contributed by atoms with Crippen LogP contribution in [0.2, 0.25) is 5.02 Å². The van der Waals surface area contributed by atoms with Gasteiger partial charge in [0.2, 0.25) is 0 Å². The highest BCUT2D eigenvalue weighted by molar-refractivity contribution is 9.10. The molecule has 0 bridgehead atoms. The van der Waals surface area contributed by atoms with E-state index in [1.807, 2.05) is 4.90 Å². The minimum absolute atomic E-state index is 0.0127. The van der Waals surface area contributed by atoms with Crippen molar-refractivity contribution in [1.82, 2.24) is 29.7 Å². The number of fused-ring (bicyclic) bond motifs is 3. The van der Waals surface area contributed by atoms with Crippen molar-refractivity contribution in [3.8, 4) is 6.01 Å². The monoisotopic (exact) mass is 832 g/mol. The molecule has 1 unspecified atom stereocenters. The molecule has 6 heterocycles. The van der Waals surface area contributed by atoms with Gasteiger partial charge in [-0.3, -0.25) is 19.6 Å². The lowest BCUT2D eigenvalue weighted by Crippen LogP contribution is -2.43. The molecule has 4 aliphatic heterocycles. The first kappa shape index (κ1) is 39.1. The van der Waals surface area contributed by atoms with Crippen molar-refractivity contribution in [2.45, 2.75) is 83.0 Å². The zero-order chi connectivity index (χ0) is 38.2. The van der Waals surface area contributed by atoms with E-state index in [9.17, 15) is 32.0 Å². The molecule has 0 aliphatic carbocycles. The first-order valence-electron chi connectivity index (χ1n) is 17.2. The molecule has 0 saturated carbocycles. The first-order valence-corrected chi connectivity index (χ1v) is 18.3. The Morgan fingerprint density at radius 1 is 1.19 bits per heavy atom. The minimum Gasteiger partial charge on any atom is -0.461 e. The number of aromatic nitrogens is 4. The number of ether oxygens (including phenoxy) is 2. The largest absolute Gasteiger partial charge is 0.461 e. The predicted molar refractivity (Wildman–Crippen MR) is 188 cm³/mol. The number of rotatable bonds is 7. The van der Waals surface area contributed by atoms with E-state index in [1.54, 1.807) is 11.6 Å². The quantitative estimate of drug-likeness (QED) is 0.109. The molecule has 1 atom stereocenters. The van der Waals surface area contributed by atoms with Gasteiger partial charge in [-0.2, -0.15) is 37.0 Å². The number of hydrogen-bond donors (Lipinski definition) is 2. The van der Waals surface area contributed by atoms with E-state index in [0.717, 1.165) is 44.8 Å². The number of nitrogens with zero attached hydrogens (tertiary/aromatic N) is 7. The van der Waals surface area contributed by atoms with Gasteiger partial charge in [0, 0.05) is 37.3 Å². The van der Waals surface area contributed by atoms with Crippen molar-refractivity contribution in [3.63, 3.8) is 0 Å². The van der Waals surface area contributed by atoms with Gasteiger partial charge in [-0.05, 0) is 92.3 Å². The third kappa shape index (κ3) is 8.11. The smallest absolute Gasteiger partial charge is 0.418 e. The lowest BCUT2D eigenvalue weighted by atomic mass is 9.94. The summed E-state index contributed by atoms with van der Waals surface area (Å²) in [5, 5.41) is 14.7. The molecular weight excluding hydrogens is 795 g/mol. The number of hydroxylamine groups is 2. The van der Waals surface area contributed by atoms with Crippen LogP contribution in [0, 0.1) is 0 Å². The van der Waals surface area contributed by atoms with Crippen molar-refractivity contribution in [2.24, 2.45) is 0 Å². The molecule has 12 nitrogen and oxygen atoms in total. The van der Waals surface area contributed by atoms with Gasteiger partial charge in [-0.25, -0.2) is 5.06 Å². The second-order valence-electron chi connectivity index (χ2n) is 13.4. The summed E-state index contributed by atoms with van der Waals surface area (Å²) < 4.78 is 77.7. The summed E-state index contributed by atoms with van der Waals surface area (Å²) in [5.74, 6) is -0.0813. The van der Waals surface area contributed by atoms with Crippen LogP contribution in [0.3, 0.4) is 0 Å². The summed E-state index contributed by atoms with van der Waals surface area (Å²) in [5.41, 5.74) is 6.81. The highest BCUT2D eigenvalue weighted by Crippen LogP contribution is 2.45. The number of anilines is 2. The fraction of sp³-hybridized carbons (Fsp3) is 0.529. The van der Waals surface area contributed by atoms with Gasteiger partial charge in [0.25, 0.3) is 12.0 Å². The van der Waals surface area contributed by atoms with E-state index in [1.165, 1.54) is 6.07 Å². The molecule has 2 saturated heterocycles. The highest BCUT2D eigenvalue weighted by Gasteiger charge is 2.45.